The summed E-state index contributed by atoms with van der Waals surface area (Å²) in [5, 5.41) is 18.9. The van der Waals surface area contributed by atoms with Crippen molar-refractivity contribution in [2.75, 3.05) is 7.11 Å². The molecule has 0 saturated carbocycles. The molecule has 1 heterocycles. The smallest absolute Gasteiger partial charge is 0.414 e. The molecule has 0 aliphatic rings. The number of hydrogen-bond donors (Lipinski definition) is 2. The van der Waals surface area contributed by atoms with Crippen LogP contribution in [-0.2, 0) is 11.8 Å². The maximum atomic E-state index is 13.1. The average molecular weight is 494 g/mol. The van der Waals surface area contributed by atoms with Crippen molar-refractivity contribution in [3.8, 4) is 11.5 Å². The second-order valence-electron chi connectivity index (χ2n) is 9.05. The van der Waals surface area contributed by atoms with Crippen molar-refractivity contribution in [2.24, 2.45) is 0 Å². The molecule has 1 aromatic heterocycles. The molecule has 0 saturated heterocycles. The minimum absolute atomic E-state index is 0.166. The number of aliphatic hydroxyl groups excluding tert-OH is 1. The molecule has 8 heteroatoms. The van der Waals surface area contributed by atoms with E-state index in [0.717, 1.165) is 35.5 Å². The van der Waals surface area contributed by atoms with Crippen LogP contribution in [0.1, 0.15) is 48.3 Å². The van der Waals surface area contributed by atoms with E-state index in [1.54, 1.807) is 6.07 Å². The van der Waals surface area contributed by atoms with Gasteiger partial charge in [-0.25, -0.2) is 4.39 Å². The van der Waals surface area contributed by atoms with Gasteiger partial charge in [0.1, 0.15) is 17.3 Å². The van der Waals surface area contributed by atoms with Gasteiger partial charge in [0.05, 0.1) is 7.11 Å². The van der Waals surface area contributed by atoms with E-state index in [1.807, 2.05) is 32.0 Å². The highest BCUT2D eigenvalue weighted by molar-refractivity contribution is 5.39. The van der Waals surface area contributed by atoms with Crippen molar-refractivity contribution in [2.45, 2.75) is 58.2 Å². The van der Waals surface area contributed by atoms with E-state index in [4.69, 9.17) is 9.84 Å². The molecule has 190 valence electrons. The van der Waals surface area contributed by atoms with Crippen LogP contribution in [0.25, 0.3) is 0 Å². The Morgan fingerprint density at radius 1 is 0.971 bits per heavy atom. The fourth-order valence-electron chi connectivity index (χ4n) is 3.84. The molecule has 35 heavy (non-hydrogen) atoms. The van der Waals surface area contributed by atoms with Crippen molar-refractivity contribution in [1.29, 1.82) is 0 Å². The minimum atomic E-state index is -4.68. The molecule has 0 radical (unpaired) electrons. The maximum absolute atomic E-state index is 13.1. The van der Waals surface area contributed by atoms with Gasteiger partial charge in [-0.3, -0.25) is 4.98 Å². The number of halogens is 4. The Morgan fingerprint density at radius 2 is 1.57 bits per heavy atom. The largest absolute Gasteiger partial charge is 0.508 e. The summed E-state index contributed by atoms with van der Waals surface area (Å²) in [6, 6.07) is 15.2. The second kappa shape index (κ2) is 11.5. The molecule has 0 fully saturated rings. The van der Waals surface area contributed by atoms with Crippen molar-refractivity contribution < 1.29 is 32.5 Å². The van der Waals surface area contributed by atoms with Crippen LogP contribution in [0.15, 0.2) is 54.6 Å². The predicted octanol–water partition coefficient (Wildman–Crippen LogP) is 6.42. The van der Waals surface area contributed by atoms with Crippen LogP contribution in [0.3, 0.4) is 0 Å². The Labute approximate surface area is 203 Å². The Kier molecular flexibility index (Phi) is 9.26. The summed E-state index contributed by atoms with van der Waals surface area (Å²) in [4.78, 5) is 4.34. The molecule has 3 aromatic rings. The number of nitrogens with zero attached hydrogens (tertiary/aromatic N) is 1. The molecule has 0 aliphatic heterocycles. The highest BCUT2D eigenvalue weighted by Crippen LogP contribution is 2.38. The molecule has 2 aromatic carbocycles. The average Bonchev–Trinajstić information content (AvgIpc) is 2.74. The predicted molar refractivity (Wildman–Crippen MR) is 127 cm³/mol. The van der Waals surface area contributed by atoms with E-state index in [1.165, 1.54) is 32.6 Å². The van der Waals surface area contributed by atoms with Crippen LogP contribution in [0, 0.1) is 19.7 Å². The second-order valence-corrected chi connectivity index (χ2v) is 9.05. The normalized spacial score (nSPS) is 12.5. The molecule has 3 rings (SSSR count). The van der Waals surface area contributed by atoms with Crippen molar-refractivity contribution in [3.63, 3.8) is 0 Å². The Bertz CT molecular complexity index is 1110. The number of hydrogen-bond acceptors (Lipinski definition) is 4. The third kappa shape index (κ3) is 8.24. The lowest BCUT2D eigenvalue weighted by atomic mass is 9.79. The van der Waals surface area contributed by atoms with E-state index < -0.39 is 29.9 Å². The number of pyridine rings is 1. The first-order valence-corrected chi connectivity index (χ1v) is 11.0. The number of alkyl halides is 3. The van der Waals surface area contributed by atoms with Gasteiger partial charge >= 0.3 is 6.18 Å². The topological polar surface area (TPSA) is 62.6 Å². The molecule has 0 amide bonds. The number of aromatic hydroxyl groups is 1. The van der Waals surface area contributed by atoms with Gasteiger partial charge in [-0.2, -0.15) is 13.2 Å². The van der Waals surface area contributed by atoms with Gasteiger partial charge in [0.25, 0.3) is 0 Å². The molecular weight excluding hydrogens is 462 g/mol. The van der Waals surface area contributed by atoms with Crippen LogP contribution >= 0.6 is 0 Å². The zero-order valence-electron chi connectivity index (χ0n) is 20.4. The van der Waals surface area contributed by atoms with Crippen molar-refractivity contribution >= 4 is 0 Å². The minimum Gasteiger partial charge on any atom is -0.508 e. The molecule has 1 atom stereocenters. The molecule has 1 unspecified atom stereocenters. The highest BCUT2D eigenvalue weighted by Gasteiger charge is 2.42. The SMILES string of the molecule is COc1cc(F)ccc1C(C)(C)CC(O)C(F)(F)F.Cc1cc(Cc2ccccc2O)cc(C)n1. The summed E-state index contributed by atoms with van der Waals surface area (Å²) < 4.78 is 55.2. The number of para-hydroxylation sites is 1. The van der Waals surface area contributed by atoms with Gasteiger partial charge in [-0.05, 0) is 61.1 Å². The fourth-order valence-corrected chi connectivity index (χ4v) is 3.84. The summed E-state index contributed by atoms with van der Waals surface area (Å²) in [6.07, 6.45) is -6.89. The zero-order chi connectivity index (χ0) is 26.4. The quantitative estimate of drug-likeness (QED) is 0.389. The van der Waals surface area contributed by atoms with Crippen molar-refractivity contribution in [1.82, 2.24) is 4.98 Å². The lowest BCUT2D eigenvalue weighted by molar-refractivity contribution is -0.209. The van der Waals surface area contributed by atoms with Gasteiger partial charge in [0.15, 0.2) is 6.10 Å². The number of aromatic nitrogens is 1. The molecule has 0 spiro atoms. The zero-order valence-corrected chi connectivity index (χ0v) is 20.4. The number of rotatable bonds is 6. The Morgan fingerprint density at radius 3 is 2.11 bits per heavy atom. The summed E-state index contributed by atoms with van der Waals surface area (Å²) in [5.74, 6) is -0.0123. The standard InChI is InChI=1S/C14H15NO.C13H16F4O2/c1-10-7-12(8-11(2)15-10)9-13-5-3-4-6-14(13)16;1-12(2,7-11(18)13(15,16)17)9-5-4-8(14)6-10(9)19-3/h3-8,16H,9H2,1-2H3;4-6,11,18H,7H2,1-3H3. The summed E-state index contributed by atoms with van der Waals surface area (Å²) in [6.45, 7) is 7.05. The van der Waals surface area contributed by atoms with E-state index >= 15 is 0 Å². The van der Waals surface area contributed by atoms with Gasteiger partial charge < -0.3 is 14.9 Å². The number of aliphatic hydroxyl groups is 1. The molecule has 0 bridgehead atoms. The molecule has 4 nitrogen and oxygen atoms in total. The first-order chi connectivity index (χ1) is 16.2. The lowest BCUT2D eigenvalue weighted by Gasteiger charge is -2.30. The van der Waals surface area contributed by atoms with Crippen LogP contribution < -0.4 is 4.74 Å². The van der Waals surface area contributed by atoms with Crippen molar-refractivity contribution in [3.05, 3.63) is 88.5 Å². The Balaban J connectivity index is 0.000000250. The van der Waals surface area contributed by atoms with Gasteiger partial charge in [0, 0.05) is 29.4 Å². The summed E-state index contributed by atoms with van der Waals surface area (Å²) in [5.41, 5.74) is 3.59. The number of benzene rings is 2. The molecule has 0 aliphatic carbocycles. The first kappa shape index (κ1) is 28.1. The first-order valence-electron chi connectivity index (χ1n) is 11.0. The van der Waals surface area contributed by atoms with Gasteiger partial charge in [-0.15, -0.1) is 0 Å². The van der Waals surface area contributed by atoms with E-state index in [9.17, 15) is 22.7 Å². The van der Waals surface area contributed by atoms with Crippen LogP contribution in [0.5, 0.6) is 11.5 Å². The number of phenolic OH excluding ortho intramolecular Hbond substituents is 1. The Hall–Kier alpha value is -3.13. The van der Waals surface area contributed by atoms with E-state index in [-0.39, 0.29) is 5.75 Å². The van der Waals surface area contributed by atoms with Gasteiger partial charge in [0.2, 0.25) is 0 Å². The molecular formula is C27H31F4NO3. The number of phenols is 1. The third-order valence-electron chi connectivity index (χ3n) is 5.50. The fraction of sp³-hybridized carbons (Fsp3) is 0.370. The highest BCUT2D eigenvalue weighted by atomic mass is 19.4. The monoisotopic (exact) mass is 493 g/mol. The maximum Gasteiger partial charge on any atom is 0.414 e. The van der Waals surface area contributed by atoms with E-state index in [2.05, 4.69) is 17.1 Å². The summed E-state index contributed by atoms with van der Waals surface area (Å²) in [7, 11) is 1.31. The van der Waals surface area contributed by atoms with Gasteiger partial charge in [-0.1, -0.05) is 38.1 Å². The third-order valence-corrected chi connectivity index (χ3v) is 5.50. The number of methoxy groups -OCH3 is 1. The van der Waals surface area contributed by atoms with Crippen LogP contribution in [-0.4, -0.2) is 34.6 Å². The van der Waals surface area contributed by atoms with Crippen LogP contribution in [0.2, 0.25) is 0 Å². The van der Waals surface area contributed by atoms with Crippen LogP contribution in [0.4, 0.5) is 17.6 Å². The number of ether oxygens (including phenoxy) is 1. The molecule has 2 N–H and O–H groups in total. The lowest BCUT2D eigenvalue weighted by Crippen LogP contribution is -2.35. The summed E-state index contributed by atoms with van der Waals surface area (Å²) >= 11 is 0. The number of aryl methyl sites for hydroxylation is 2. The van der Waals surface area contributed by atoms with E-state index in [0.29, 0.717) is 11.3 Å².